The average Bonchev–Trinajstić information content (AvgIpc) is 2.40. The Morgan fingerprint density at radius 3 is 2.22 bits per heavy atom. The molecule has 0 fully saturated rings. The van der Waals surface area contributed by atoms with Gasteiger partial charge in [0.1, 0.15) is 0 Å². The van der Waals surface area contributed by atoms with Crippen molar-refractivity contribution in [1.29, 1.82) is 0 Å². The molecule has 0 saturated heterocycles. The highest BCUT2D eigenvalue weighted by molar-refractivity contribution is 7.80. The maximum absolute atomic E-state index is 5.18. The first-order chi connectivity index (χ1) is 8.74. The van der Waals surface area contributed by atoms with Crippen molar-refractivity contribution < 1.29 is 0 Å². The van der Waals surface area contributed by atoms with Crippen molar-refractivity contribution in [3.8, 4) is 0 Å². The predicted molar refractivity (Wildman–Crippen MR) is 80.6 cm³/mol. The number of aryl methyl sites for hydroxylation is 1. The summed E-state index contributed by atoms with van der Waals surface area (Å²) in [6.07, 6.45) is 0. The minimum Gasteiger partial charge on any atom is -0.331 e. The SMILES string of the molecule is Cc1ccc(NC(=S)NNc2ccccc2)cc1. The molecule has 3 nitrogen and oxygen atoms in total. The lowest BCUT2D eigenvalue weighted by Crippen LogP contribution is -2.33. The summed E-state index contributed by atoms with van der Waals surface area (Å²) in [7, 11) is 0. The molecule has 0 unspecified atom stereocenters. The van der Waals surface area contributed by atoms with Gasteiger partial charge in [-0.3, -0.25) is 10.9 Å². The molecule has 0 heterocycles. The van der Waals surface area contributed by atoms with Crippen LogP contribution in [0.3, 0.4) is 0 Å². The lowest BCUT2D eigenvalue weighted by molar-refractivity contribution is 1.14. The molecule has 0 bridgehead atoms. The zero-order chi connectivity index (χ0) is 12.8. The number of thiocarbonyl (C=S) groups is 1. The van der Waals surface area contributed by atoms with Crippen molar-refractivity contribution in [2.75, 3.05) is 10.7 Å². The molecule has 0 aliphatic carbocycles. The fourth-order valence-corrected chi connectivity index (χ4v) is 1.62. The van der Waals surface area contributed by atoms with Gasteiger partial charge in [0.15, 0.2) is 5.11 Å². The van der Waals surface area contributed by atoms with Gasteiger partial charge in [-0.25, -0.2) is 0 Å². The molecule has 0 amide bonds. The van der Waals surface area contributed by atoms with Crippen LogP contribution in [0.2, 0.25) is 0 Å². The minimum atomic E-state index is 0.530. The summed E-state index contributed by atoms with van der Waals surface area (Å²) in [6, 6.07) is 17.9. The third-order valence-electron chi connectivity index (χ3n) is 2.40. The third-order valence-corrected chi connectivity index (χ3v) is 2.61. The molecule has 0 aliphatic rings. The van der Waals surface area contributed by atoms with Crippen molar-refractivity contribution in [3.63, 3.8) is 0 Å². The summed E-state index contributed by atoms with van der Waals surface area (Å²) >= 11 is 5.18. The summed E-state index contributed by atoms with van der Waals surface area (Å²) in [5, 5.41) is 3.63. The summed E-state index contributed by atoms with van der Waals surface area (Å²) in [4.78, 5) is 0. The van der Waals surface area contributed by atoms with E-state index in [1.165, 1.54) is 5.56 Å². The monoisotopic (exact) mass is 257 g/mol. The number of hydrazine groups is 1. The highest BCUT2D eigenvalue weighted by Gasteiger charge is 1.96. The molecule has 92 valence electrons. The number of rotatable bonds is 3. The standard InChI is InChI=1S/C14H15N3S/c1-11-7-9-12(10-8-11)15-14(18)17-16-13-5-3-2-4-6-13/h2-10,16H,1H3,(H2,15,17,18). The number of hydrogen-bond donors (Lipinski definition) is 3. The number of para-hydroxylation sites is 1. The van der Waals surface area contributed by atoms with E-state index in [2.05, 4.69) is 23.1 Å². The van der Waals surface area contributed by atoms with Crippen molar-refractivity contribution in [3.05, 3.63) is 60.2 Å². The molecule has 4 heteroatoms. The Kier molecular flexibility index (Phi) is 4.15. The third kappa shape index (κ3) is 3.75. The van der Waals surface area contributed by atoms with Crippen molar-refractivity contribution >= 4 is 28.7 Å². The van der Waals surface area contributed by atoms with Crippen LogP contribution in [0.1, 0.15) is 5.56 Å². The van der Waals surface area contributed by atoms with Crippen LogP contribution in [0.5, 0.6) is 0 Å². The van der Waals surface area contributed by atoms with E-state index >= 15 is 0 Å². The van der Waals surface area contributed by atoms with Gasteiger partial charge in [-0.2, -0.15) is 0 Å². The van der Waals surface area contributed by atoms with E-state index in [9.17, 15) is 0 Å². The Balaban J connectivity index is 1.84. The maximum Gasteiger partial charge on any atom is 0.189 e. The van der Waals surface area contributed by atoms with E-state index in [1.54, 1.807) is 0 Å². The molecule has 0 aliphatic heterocycles. The van der Waals surface area contributed by atoms with Gasteiger partial charge in [-0.1, -0.05) is 35.9 Å². The number of benzene rings is 2. The summed E-state index contributed by atoms with van der Waals surface area (Å²) in [5.41, 5.74) is 9.11. The Morgan fingerprint density at radius 2 is 1.56 bits per heavy atom. The second-order valence-corrected chi connectivity index (χ2v) is 4.34. The van der Waals surface area contributed by atoms with Gasteiger partial charge in [0, 0.05) is 5.69 Å². The lowest BCUT2D eigenvalue weighted by Gasteiger charge is -2.12. The number of nitrogens with one attached hydrogen (secondary N) is 3. The van der Waals surface area contributed by atoms with E-state index in [-0.39, 0.29) is 0 Å². The zero-order valence-electron chi connectivity index (χ0n) is 10.1. The topological polar surface area (TPSA) is 36.1 Å². The normalized spacial score (nSPS) is 9.61. The number of hydrogen-bond acceptors (Lipinski definition) is 2. The van der Waals surface area contributed by atoms with Crippen LogP contribution in [0.15, 0.2) is 54.6 Å². The van der Waals surface area contributed by atoms with Crippen molar-refractivity contribution in [1.82, 2.24) is 5.43 Å². The molecule has 3 N–H and O–H groups in total. The van der Waals surface area contributed by atoms with Crippen LogP contribution >= 0.6 is 12.2 Å². The highest BCUT2D eigenvalue weighted by Crippen LogP contribution is 2.08. The molecular weight excluding hydrogens is 242 g/mol. The highest BCUT2D eigenvalue weighted by atomic mass is 32.1. The van der Waals surface area contributed by atoms with Crippen molar-refractivity contribution in [2.24, 2.45) is 0 Å². The molecular formula is C14H15N3S. The van der Waals surface area contributed by atoms with Crippen LogP contribution < -0.4 is 16.2 Å². The van der Waals surface area contributed by atoms with Crippen LogP contribution in [0.4, 0.5) is 11.4 Å². The van der Waals surface area contributed by atoms with Gasteiger partial charge in [0.25, 0.3) is 0 Å². The smallest absolute Gasteiger partial charge is 0.189 e. The van der Waals surface area contributed by atoms with Crippen LogP contribution in [-0.2, 0) is 0 Å². The fraction of sp³-hybridized carbons (Fsp3) is 0.0714. The van der Waals surface area contributed by atoms with Gasteiger partial charge in [0.05, 0.1) is 5.69 Å². The second kappa shape index (κ2) is 6.02. The van der Waals surface area contributed by atoms with Gasteiger partial charge in [0.2, 0.25) is 0 Å². The first-order valence-electron chi connectivity index (χ1n) is 5.69. The maximum atomic E-state index is 5.18. The van der Waals surface area contributed by atoms with Crippen LogP contribution in [0, 0.1) is 6.92 Å². The van der Waals surface area contributed by atoms with E-state index in [0.29, 0.717) is 5.11 Å². The molecule has 0 aromatic heterocycles. The Morgan fingerprint density at radius 1 is 0.889 bits per heavy atom. The summed E-state index contributed by atoms with van der Waals surface area (Å²) in [6.45, 7) is 2.05. The summed E-state index contributed by atoms with van der Waals surface area (Å²) in [5.74, 6) is 0. The van der Waals surface area contributed by atoms with E-state index in [1.807, 2.05) is 54.6 Å². The lowest BCUT2D eigenvalue weighted by atomic mass is 10.2. The van der Waals surface area contributed by atoms with Gasteiger partial charge < -0.3 is 5.32 Å². The molecule has 0 atom stereocenters. The largest absolute Gasteiger partial charge is 0.331 e. The molecule has 18 heavy (non-hydrogen) atoms. The minimum absolute atomic E-state index is 0.530. The summed E-state index contributed by atoms with van der Waals surface area (Å²) < 4.78 is 0. The van der Waals surface area contributed by atoms with Gasteiger partial charge in [-0.15, -0.1) is 0 Å². The zero-order valence-corrected chi connectivity index (χ0v) is 10.9. The van der Waals surface area contributed by atoms with Crippen LogP contribution in [0.25, 0.3) is 0 Å². The van der Waals surface area contributed by atoms with Gasteiger partial charge in [-0.05, 0) is 43.4 Å². The second-order valence-electron chi connectivity index (χ2n) is 3.94. The Bertz CT molecular complexity index is 508. The van der Waals surface area contributed by atoms with Crippen molar-refractivity contribution in [2.45, 2.75) is 6.92 Å². The Labute approximate surface area is 112 Å². The average molecular weight is 257 g/mol. The van der Waals surface area contributed by atoms with E-state index in [4.69, 9.17) is 12.2 Å². The molecule has 0 saturated carbocycles. The van der Waals surface area contributed by atoms with Gasteiger partial charge >= 0.3 is 0 Å². The van der Waals surface area contributed by atoms with Crippen LogP contribution in [-0.4, -0.2) is 5.11 Å². The number of anilines is 2. The fourth-order valence-electron chi connectivity index (χ4n) is 1.45. The Hall–Kier alpha value is -2.07. The quantitative estimate of drug-likeness (QED) is 0.582. The molecule has 0 spiro atoms. The molecule has 0 radical (unpaired) electrons. The predicted octanol–water partition coefficient (Wildman–Crippen LogP) is 3.31. The molecule has 2 rings (SSSR count). The first-order valence-corrected chi connectivity index (χ1v) is 6.09. The van der Waals surface area contributed by atoms with E-state index in [0.717, 1.165) is 11.4 Å². The first kappa shape index (κ1) is 12.4. The van der Waals surface area contributed by atoms with E-state index < -0.39 is 0 Å². The molecule has 2 aromatic rings. The molecule has 2 aromatic carbocycles.